The lowest BCUT2D eigenvalue weighted by Gasteiger charge is -2.33. The van der Waals surface area contributed by atoms with Gasteiger partial charge in [0.2, 0.25) is 0 Å². The molecule has 4 aliphatic heterocycles. The van der Waals surface area contributed by atoms with Gasteiger partial charge in [0.25, 0.3) is 22.2 Å². The molecule has 572 valence electrons. The second-order valence-electron chi connectivity index (χ2n) is 26.8. The van der Waals surface area contributed by atoms with Crippen LogP contribution in [0, 0.1) is 0 Å². The van der Waals surface area contributed by atoms with Gasteiger partial charge in [0.05, 0.1) is 97.2 Å². The monoisotopic (exact) mass is 1530 g/mol. The predicted octanol–water partition coefficient (Wildman–Crippen LogP) is 10.0. The Hall–Kier alpha value is -11.3. The fourth-order valence-corrected chi connectivity index (χ4v) is 14.3. The molecule has 12 aromatic rings. The van der Waals surface area contributed by atoms with E-state index in [9.17, 15) is 19.2 Å². The maximum atomic E-state index is 12.8. The number of nitrogens with zero attached hydrogens (tertiary/aromatic N) is 12. The van der Waals surface area contributed by atoms with Crippen LogP contribution in [0.3, 0.4) is 0 Å². The molecule has 0 bridgehead atoms. The number of rotatable bonds is 16. The molecule has 4 saturated heterocycles. The SMILES string of the molecule is CCOc1cc(-c2cc(=O)n3cc(N4CCNCC4)ccc3n2)ccc1OC.CCOc1cc(-c2cc(=O)n3cc(N4CCN[C@@H](C)C4)ccc3n2)ccc1OC.COc1ccc(-c2cc(=O)n3cc(N4CCNCC4)ccc3n2)cc1Cl.COc1ccc(-c2cc(=O)n3cc(N4CCN[C@@H](C)C4)ccc3n2)cc1Cl. The zero-order valence-corrected chi connectivity index (χ0v) is 64.4. The largest absolute Gasteiger partial charge is 0.495 e. The second-order valence-corrected chi connectivity index (χ2v) is 27.6. The predicted molar refractivity (Wildman–Crippen MR) is 436 cm³/mol. The molecular formula is C82H90Cl2N16O10. The van der Waals surface area contributed by atoms with Crippen molar-refractivity contribution in [1.82, 2.24) is 58.8 Å². The highest BCUT2D eigenvalue weighted by Crippen LogP contribution is 2.36. The van der Waals surface area contributed by atoms with Crippen molar-refractivity contribution < 1.29 is 28.4 Å². The summed E-state index contributed by atoms with van der Waals surface area (Å²) in [6, 6.07) is 44.6. The molecule has 8 aromatic heterocycles. The van der Waals surface area contributed by atoms with E-state index in [1.54, 1.807) is 82.4 Å². The van der Waals surface area contributed by atoms with Gasteiger partial charge < -0.3 is 69.3 Å². The summed E-state index contributed by atoms with van der Waals surface area (Å²) in [7, 11) is 6.35. The third-order valence-corrected chi connectivity index (χ3v) is 20.0. The zero-order valence-electron chi connectivity index (χ0n) is 62.8. The van der Waals surface area contributed by atoms with Crippen LogP contribution in [-0.2, 0) is 0 Å². The van der Waals surface area contributed by atoms with Crippen LogP contribution in [0.5, 0.6) is 34.5 Å². The molecule has 0 saturated carbocycles. The Morgan fingerprint density at radius 1 is 0.355 bits per heavy atom. The molecule has 4 aromatic carbocycles. The van der Waals surface area contributed by atoms with E-state index in [1.807, 2.05) is 136 Å². The van der Waals surface area contributed by atoms with Gasteiger partial charge >= 0.3 is 0 Å². The summed E-state index contributed by atoms with van der Waals surface area (Å²) in [6.07, 6.45) is 7.49. The normalized spacial score (nSPS) is 15.8. The summed E-state index contributed by atoms with van der Waals surface area (Å²) in [5.74, 6) is 3.77. The highest BCUT2D eigenvalue weighted by Gasteiger charge is 2.22. The molecule has 4 N–H and O–H groups in total. The molecule has 0 amide bonds. The standard InChI is InChI=1S/C22H26N4O3.C21H24N4O3.C20H21ClN4O2.C19H19ClN4O2/c1-4-29-20-11-16(5-7-19(20)28-3)18-12-22(27)26-14-17(6-8-21(26)24-18)25-10-9-23-15(2)13-25;1-3-28-19-12-15(4-6-18(19)27-2)17-13-21(26)25-14-16(5-7-20(25)23-17)24-10-8-22-9-11-24;1-13-11-24(8-7-22-13)15-4-6-19-23-17(10-20(26)25(19)12-15)14-3-5-18(27-2)16(21)9-14;1-26-17-4-2-13(10-15(17)20)16-11-19(25)24-12-14(3-5-18(24)22-16)23-8-6-21-7-9-23/h5-8,11-12,14-15,23H,4,9-10,13H2,1-3H3;4-7,12-14,22H,3,8-11H2,1-2H3;3-6,9-10,12-13,22H,7-8,11H2,1-2H3;2-5,10-12,21H,6-9H2,1H3/t15-;;13-;/m0.0./s1. The highest BCUT2D eigenvalue weighted by atomic mass is 35.5. The first-order valence-electron chi connectivity index (χ1n) is 36.8. The molecule has 12 heterocycles. The van der Waals surface area contributed by atoms with Crippen LogP contribution in [0.25, 0.3) is 67.6 Å². The summed E-state index contributed by atoms with van der Waals surface area (Å²) in [6.45, 7) is 22.3. The third kappa shape index (κ3) is 17.9. The molecule has 110 heavy (non-hydrogen) atoms. The van der Waals surface area contributed by atoms with Crippen LogP contribution in [0.4, 0.5) is 22.7 Å². The average Bonchev–Trinajstić information content (AvgIpc) is 0.799. The molecule has 4 fully saturated rings. The van der Waals surface area contributed by atoms with Gasteiger partial charge in [-0.1, -0.05) is 23.2 Å². The first-order valence-corrected chi connectivity index (χ1v) is 37.6. The summed E-state index contributed by atoms with van der Waals surface area (Å²) < 4.78 is 38.7. The Kier molecular flexibility index (Phi) is 24.8. The molecule has 0 aliphatic carbocycles. The summed E-state index contributed by atoms with van der Waals surface area (Å²) in [4.78, 5) is 78.7. The number of pyridine rings is 4. The molecular weight excluding hydrogens is 1440 g/mol. The van der Waals surface area contributed by atoms with Crippen LogP contribution in [0.1, 0.15) is 27.7 Å². The zero-order chi connectivity index (χ0) is 77.0. The lowest BCUT2D eigenvalue weighted by atomic mass is 10.1. The van der Waals surface area contributed by atoms with Crippen LogP contribution in [-0.4, -0.2) is 183 Å². The first-order chi connectivity index (χ1) is 53.5. The lowest BCUT2D eigenvalue weighted by molar-refractivity contribution is 0.311. The maximum Gasteiger partial charge on any atom is 0.258 e. The van der Waals surface area contributed by atoms with Crippen molar-refractivity contribution in [3.8, 4) is 79.5 Å². The maximum absolute atomic E-state index is 12.8. The molecule has 16 rings (SSSR count). The van der Waals surface area contributed by atoms with E-state index in [0.717, 1.165) is 137 Å². The smallest absolute Gasteiger partial charge is 0.258 e. The van der Waals surface area contributed by atoms with Crippen molar-refractivity contribution in [3.63, 3.8) is 0 Å². The Morgan fingerprint density at radius 2 is 0.636 bits per heavy atom. The minimum Gasteiger partial charge on any atom is -0.495 e. The number of anilines is 4. The van der Waals surface area contributed by atoms with E-state index >= 15 is 0 Å². The quantitative estimate of drug-likeness (QED) is 0.0702. The number of hydrogen-bond acceptors (Lipinski definition) is 22. The Balaban J connectivity index is 0.000000129. The van der Waals surface area contributed by atoms with Crippen LogP contribution in [0.2, 0.25) is 10.0 Å². The van der Waals surface area contributed by atoms with Gasteiger partial charge in [-0.05, 0) is 149 Å². The van der Waals surface area contributed by atoms with Gasteiger partial charge in [0, 0.05) is 175 Å². The van der Waals surface area contributed by atoms with Crippen molar-refractivity contribution in [2.45, 2.75) is 39.8 Å². The third-order valence-electron chi connectivity index (χ3n) is 19.4. The molecule has 28 heteroatoms. The molecule has 2 atom stereocenters. The van der Waals surface area contributed by atoms with Crippen LogP contribution >= 0.6 is 23.2 Å². The number of hydrogen-bond donors (Lipinski definition) is 4. The van der Waals surface area contributed by atoms with Crippen molar-refractivity contribution in [2.24, 2.45) is 0 Å². The average molecular weight is 1530 g/mol. The van der Waals surface area contributed by atoms with Gasteiger partial charge in [-0.3, -0.25) is 36.8 Å². The summed E-state index contributed by atoms with van der Waals surface area (Å²) in [5.41, 5.74) is 11.7. The van der Waals surface area contributed by atoms with Crippen molar-refractivity contribution >= 4 is 68.5 Å². The van der Waals surface area contributed by atoms with Gasteiger partial charge in [0.1, 0.15) is 34.1 Å². The lowest BCUT2D eigenvalue weighted by Crippen LogP contribution is -2.49. The Morgan fingerprint density at radius 3 is 0.918 bits per heavy atom. The van der Waals surface area contributed by atoms with E-state index in [0.29, 0.717) is 115 Å². The fraction of sp³-hybridized carbons (Fsp3) is 0.317. The molecule has 0 radical (unpaired) electrons. The van der Waals surface area contributed by atoms with E-state index in [1.165, 1.54) is 12.1 Å². The van der Waals surface area contributed by atoms with Crippen molar-refractivity contribution in [2.75, 3.05) is 153 Å². The number of ether oxygens (including phenoxy) is 6. The molecule has 26 nitrogen and oxygen atoms in total. The molecule has 0 unspecified atom stereocenters. The van der Waals surface area contributed by atoms with E-state index in [-0.39, 0.29) is 22.2 Å². The topological polar surface area (TPSA) is 254 Å². The summed E-state index contributed by atoms with van der Waals surface area (Å²) in [5, 5.41) is 14.5. The highest BCUT2D eigenvalue weighted by molar-refractivity contribution is 6.32. The minimum absolute atomic E-state index is 0.106. The second kappa shape index (κ2) is 35.4. The number of benzene rings is 4. The fourth-order valence-electron chi connectivity index (χ4n) is 13.7. The van der Waals surface area contributed by atoms with Crippen molar-refractivity contribution in [1.29, 1.82) is 0 Å². The number of nitrogens with one attached hydrogen (secondary N) is 4. The number of methoxy groups -OCH3 is 4. The number of piperazine rings is 4. The number of fused-ring (bicyclic) bond motifs is 4. The minimum atomic E-state index is -0.119. The Bertz CT molecular complexity index is 5530. The van der Waals surface area contributed by atoms with Crippen LogP contribution in [0.15, 0.2) is 190 Å². The summed E-state index contributed by atoms with van der Waals surface area (Å²) >= 11 is 12.4. The van der Waals surface area contributed by atoms with Gasteiger partial charge in [-0.25, -0.2) is 19.9 Å². The van der Waals surface area contributed by atoms with E-state index in [4.69, 9.17) is 56.6 Å². The van der Waals surface area contributed by atoms with E-state index < -0.39 is 0 Å². The molecule has 0 spiro atoms. The number of aromatic nitrogens is 8. The first kappa shape index (κ1) is 76.9. The van der Waals surface area contributed by atoms with Gasteiger partial charge in [0.15, 0.2) is 23.0 Å². The number of halogens is 2. The van der Waals surface area contributed by atoms with Crippen LogP contribution < -0.4 is 91.5 Å². The van der Waals surface area contributed by atoms with Gasteiger partial charge in [-0.15, -0.1) is 0 Å². The van der Waals surface area contributed by atoms with Crippen molar-refractivity contribution in [3.05, 3.63) is 222 Å². The van der Waals surface area contributed by atoms with Gasteiger partial charge in [-0.2, -0.15) is 0 Å². The van der Waals surface area contributed by atoms with E-state index in [2.05, 4.69) is 69.7 Å². The Labute approximate surface area is 646 Å². The molecule has 4 aliphatic rings.